The average molecular weight is 409 g/mol. The number of amides is 1. The van der Waals surface area contributed by atoms with Crippen LogP contribution < -0.4 is 10.6 Å². The standard InChI is InChI=1S/C14H27N5O.HI/c1-12(20)19-9-7-18(8-10-19)6-5-16-14(15-2)17-11-13-3-4-13;/h13H,3-11H2,1-2H3,(H2,15,16,17);1H. The van der Waals surface area contributed by atoms with Crippen molar-refractivity contribution in [1.82, 2.24) is 20.4 Å². The van der Waals surface area contributed by atoms with Crippen LogP contribution in [-0.2, 0) is 4.79 Å². The van der Waals surface area contributed by atoms with Gasteiger partial charge in [0.25, 0.3) is 0 Å². The Kier molecular flexibility index (Phi) is 8.31. The molecular formula is C14H28IN5O. The summed E-state index contributed by atoms with van der Waals surface area (Å²) in [5.41, 5.74) is 0. The Morgan fingerprint density at radius 3 is 2.38 bits per heavy atom. The van der Waals surface area contributed by atoms with Crippen LogP contribution in [0.3, 0.4) is 0 Å². The molecule has 2 fully saturated rings. The van der Waals surface area contributed by atoms with Crippen molar-refractivity contribution in [2.24, 2.45) is 10.9 Å². The molecule has 2 N–H and O–H groups in total. The number of hydrogen-bond donors (Lipinski definition) is 2. The Bertz CT molecular complexity index is 351. The summed E-state index contributed by atoms with van der Waals surface area (Å²) >= 11 is 0. The quantitative estimate of drug-likeness (QED) is 0.391. The lowest BCUT2D eigenvalue weighted by atomic mass is 10.3. The lowest BCUT2D eigenvalue weighted by Gasteiger charge is -2.34. The summed E-state index contributed by atoms with van der Waals surface area (Å²) in [5, 5.41) is 6.71. The van der Waals surface area contributed by atoms with Gasteiger partial charge in [0.05, 0.1) is 0 Å². The van der Waals surface area contributed by atoms with Gasteiger partial charge in [-0.25, -0.2) is 0 Å². The molecule has 122 valence electrons. The normalized spacial score (nSPS) is 19.9. The molecule has 0 aromatic heterocycles. The van der Waals surface area contributed by atoms with E-state index in [4.69, 9.17) is 0 Å². The highest BCUT2D eigenvalue weighted by atomic mass is 127. The second-order valence-electron chi connectivity index (χ2n) is 5.67. The minimum Gasteiger partial charge on any atom is -0.356 e. The third-order valence-corrected chi connectivity index (χ3v) is 4.02. The van der Waals surface area contributed by atoms with Crippen molar-refractivity contribution in [2.75, 3.05) is 52.9 Å². The number of guanidine groups is 1. The number of carbonyl (C=O) groups is 1. The molecule has 1 saturated heterocycles. The monoisotopic (exact) mass is 409 g/mol. The van der Waals surface area contributed by atoms with Gasteiger partial charge >= 0.3 is 0 Å². The zero-order valence-corrected chi connectivity index (χ0v) is 15.4. The third-order valence-electron chi connectivity index (χ3n) is 4.02. The molecule has 0 radical (unpaired) electrons. The van der Waals surface area contributed by atoms with Crippen molar-refractivity contribution in [3.05, 3.63) is 0 Å². The van der Waals surface area contributed by atoms with E-state index in [1.807, 2.05) is 11.9 Å². The van der Waals surface area contributed by atoms with Crippen LogP contribution in [0.15, 0.2) is 4.99 Å². The van der Waals surface area contributed by atoms with Crippen LogP contribution in [0.25, 0.3) is 0 Å². The molecule has 7 heteroatoms. The zero-order chi connectivity index (χ0) is 14.4. The Morgan fingerprint density at radius 2 is 1.86 bits per heavy atom. The van der Waals surface area contributed by atoms with Crippen molar-refractivity contribution in [3.63, 3.8) is 0 Å². The maximum absolute atomic E-state index is 11.3. The number of piperazine rings is 1. The molecular weight excluding hydrogens is 381 g/mol. The van der Waals surface area contributed by atoms with E-state index in [0.29, 0.717) is 0 Å². The molecule has 0 bridgehead atoms. The van der Waals surface area contributed by atoms with E-state index >= 15 is 0 Å². The van der Waals surface area contributed by atoms with Crippen LogP contribution in [-0.4, -0.2) is 74.5 Å². The van der Waals surface area contributed by atoms with Crippen LogP contribution in [0, 0.1) is 5.92 Å². The smallest absolute Gasteiger partial charge is 0.219 e. The van der Waals surface area contributed by atoms with Gasteiger partial charge in [-0.3, -0.25) is 14.7 Å². The van der Waals surface area contributed by atoms with Crippen LogP contribution in [0.4, 0.5) is 0 Å². The molecule has 1 heterocycles. The van der Waals surface area contributed by atoms with Crippen molar-refractivity contribution in [2.45, 2.75) is 19.8 Å². The maximum atomic E-state index is 11.3. The summed E-state index contributed by atoms with van der Waals surface area (Å²) in [6, 6.07) is 0. The van der Waals surface area contributed by atoms with Gasteiger partial charge < -0.3 is 15.5 Å². The number of aliphatic imine (C=N–C) groups is 1. The molecule has 2 rings (SSSR count). The first-order valence-corrected chi connectivity index (χ1v) is 7.61. The van der Waals surface area contributed by atoms with Gasteiger partial charge in [0.1, 0.15) is 0 Å². The number of rotatable bonds is 5. The number of hydrogen-bond acceptors (Lipinski definition) is 3. The van der Waals surface area contributed by atoms with Gasteiger partial charge in [-0.15, -0.1) is 24.0 Å². The summed E-state index contributed by atoms with van der Waals surface area (Å²) in [6.45, 7) is 8.21. The molecule has 1 aliphatic carbocycles. The molecule has 1 amide bonds. The van der Waals surface area contributed by atoms with Crippen LogP contribution in [0.5, 0.6) is 0 Å². The summed E-state index contributed by atoms with van der Waals surface area (Å²) < 4.78 is 0. The molecule has 0 spiro atoms. The highest BCUT2D eigenvalue weighted by Gasteiger charge is 2.21. The topological polar surface area (TPSA) is 60.0 Å². The van der Waals surface area contributed by atoms with Gasteiger partial charge in [0, 0.05) is 59.8 Å². The van der Waals surface area contributed by atoms with Crippen molar-refractivity contribution >= 4 is 35.8 Å². The number of carbonyl (C=O) groups excluding carboxylic acids is 1. The van der Waals surface area contributed by atoms with E-state index in [-0.39, 0.29) is 29.9 Å². The number of nitrogens with one attached hydrogen (secondary N) is 2. The fourth-order valence-corrected chi connectivity index (χ4v) is 2.40. The minimum absolute atomic E-state index is 0. The Hall–Kier alpha value is -0.570. The largest absolute Gasteiger partial charge is 0.356 e. The Balaban J connectivity index is 0.00000220. The zero-order valence-electron chi connectivity index (χ0n) is 13.1. The molecule has 1 saturated carbocycles. The van der Waals surface area contributed by atoms with Crippen LogP contribution in [0.2, 0.25) is 0 Å². The predicted molar refractivity (Wildman–Crippen MR) is 96.2 cm³/mol. The Labute approximate surface area is 144 Å². The molecule has 2 aliphatic rings. The third kappa shape index (κ3) is 6.82. The molecule has 0 aromatic rings. The predicted octanol–water partition coefficient (Wildman–Crippen LogP) is 0.344. The van der Waals surface area contributed by atoms with Crippen LogP contribution in [0.1, 0.15) is 19.8 Å². The minimum atomic E-state index is 0. The average Bonchev–Trinajstić information content (AvgIpc) is 3.27. The second-order valence-corrected chi connectivity index (χ2v) is 5.67. The van der Waals surface area contributed by atoms with Crippen LogP contribution >= 0.6 is 24.0 Å². The fraction of sp³-hybridized carbons (Fsp3) is 0.857. The first kappa shape index (κ1) is 18.5. The summed E-state index contributed by atoms with van der Waals surface area (Å²) in [4.78, 5) is 19.8. The maximum Gasteiger partial charge on any atom is 0.219 e. The van der Waals surface area contributed by atoms with Gasteiger partial charge in [-0.05, 0) is 18.8 Å². The Morgan fingerprint density at radius 1 is 1.19 bits per heavy atom. The van der Waals surface area contributed by atoms with E-state index in [0.717, 1.165) is 57.7 Å². The first-order valence-electron chi connectivity index (χ1n) is 7.61. The first-order chi connectivity index (χ1) is 9.69. The van der Waals surface area contributed by atoms with E-state index in [1.165, 1.54) is 12.8 Å². The summed E-state index contributed by atoms with van der Waals surface area (Å²) in [7, 11) is 1.81. The highest BCUT2D eigenvalue weighted by Crippen LogP contribution is 2.27. The van der Waals surface area contributed by atoms with Crippen molar-refractivity contribution in [1.29, 1.82) is 0 Å². The molecule has 1 aliphatic heterocycles. The van der Waals surface area contributed by atoms with E-state index in [9.17, 15) is 4.79 Å². The van der Waals surface area contributed by atoms with Crippen molar-refractivity contribution in [3.8, 4) is 0 Å². The van der Waals surface area contributed by atoms with E-state index in [2.05, 4.69) is 20.5 Å². The number of halogens is 1. The van der Waals surface area contributed by atoms with Gasteiger partial charge in [-0.2, -0.15) is 0 Å². The van der Waals surface area contributed by atoms with Gasteiger partial charge in [0.2, 0.25) is 5.91 Å². The highest BCUT2D eigenvalue weighted by molar-refractivity contribution is 14.0. The molecule has 21 heavy (non-hydrogen) atoms. The van der Waals surface area contributed by atoms with E-state index < -0.39 is 0 Å². The summed E-state index contributed by atoms with van der Waals surface area (Å²) in [5.74, 6) is 1.94. The second kappa shape index (κ2) is 9.45. The fourth-order valence-electron chi connectivity index (χ4n) is 2.40. The van der Waals surface area contributed by atoms with E-state index in [1.54, 1.807) is 6.92 Å². The molecule has 6 nitrogen and oxygen atoms in total. The van der Waals surface area contributed by atoms with Gasteiger partial charge in [-0.1, -0.05) is 0 Å². The molecule has 0 unspecified atom stereocenters. The lowest BCUT2D eigenvalue weighted by Crippen LogP contribution is -2.50. The molecule has 0 aromatic carbocycles. The summed E-state index contributed by atoms with van der Waals surface area (Å²) in [6.07, 6.45) is 2.70. The van der Waals surface area contributed by atoms with Crippen molar-refractivity contribution < 1.29 is 4.79 Å². The molecule has 0 atom stereocenters. The SMILES string of the molecule is CN=C(NCCN1CCN(C(C)=O)CC1)NCC1CC1.I. The lowest BCUT2D eigenvalue weighted by molar-refractivity contribution is -0.130. The number of nitrogens with zero attached hydrogens (tertiary/aromatic N) is 3. The van der Waals surface area contributed by atoms with Gasteiger partial charge in [0.15, 0.2) is 5.96 Å².